The van der Waals surface area contributed by atoms with Gasteiger partial charge in [0.2, 0.25) is 0 Å². The number of rotatable bonds is 7. The van der Waals surface area contributed by atoms with Gasteiger partial charge >= 0.3 is 0 Å². The van der Waals surface area contributed by atoms with Crippen LogP contribution in [-0.2, 0) is 4.74 Å². The Kier molecular flexibility index (Phi) is 7.98. The second-order valence-electron chi connectivity index (χ2n) is 8.33. The average Bonchev–Trinajstić information content (AvgIpc) is 2.74. The Hall–Kier alpha value is -1.57. The molecule has 0 radical (unpaired) electrons. The number of nitrogens with one attached hydrogen (secondary N) is 1. The van der Waals surface area contributed by atoms with Gasteiger partial charge in [-0.25, -0.2) is 8.78 Å². The third kappa shape index (κ3) is 5.96. The third-order valence-corrected chi connectivity index (χ3v) is 6.20. The number of ether oxygens (including phenoxy) is 1. The van der Waals surface area contributed by atoms with Crippen molar-refractivity contribution >= 4 is 5.91 Å². The summed E-state index contributed by atoms with van der Waals surface area (Å²) in [6, 6.07) is 4.80. The van der Waals surface area contributed by atoms with Crippen molar-refractivity contribution in [3.05, 3.63) is 35.4 Å². The maximum absolute atomic E-state index is 13.4. The smallest absolute Gasteiger partial charge is 0.251 e. The normalized spacial score (nSPS) is 19.8. The lowest BCUT2D eigenvalue weighted by molar-refractivity contribution is 0.0000237. The van der Waals surface area contributed by atoms with Gasteiger partial charge in [0.15, 0.2) is 11.6 Å². The van der Waals surface area contributed by atoms with E-state index in [1.54, 1.807) is 0 Å². The first-order valence-electron chi connectivity index (χ1n) is 10.8. The molecule has 2 aliphatic heterocycles. The number of carbonyl (C=O) groups is 1. The Morgan fingerprint density at radius 2 is 1.79 bits per heavy atom. The fourth-order valence-corrected chi connectivity index (χ4v) is 4.45. The monoisotopic (exact) mass is 409 g/mol. The van der Waals surface area contributed by atoms with E-state index >= 15 is 0 Å². The fraction of sp³-hybridized carbons (Fsp3) is 0.682. The first-order chi connectivity index (χ1) is 14.0. The van der Waals surface area contributed by atoms with Crippen molar-refractivity contribution in [3.63, 3.8) is 0 Å². The van der Waals surface area contributed by atoms with Gasteiger partial charge in [0, 0.05) is 50.0 Å². The maximum atomic E-state index is 13.4. The van der Waals surface area contributed by atoms with Crippen molar-refractivity contribution in [2.24, 2.45) is 0 Å². The number of nitrogens with zero attached hydrogens (tertiary/aromatic N) is 2. The molecular formula is C22H33F2N3O2. The van der Waals surface area contributed by atoms with E-state index in [0.717, 1.165) is 70.7 Å². The molecule has 1 aromatic carbocycles. The van der Waals surface area contributed by atoms with Gasteiger partial charge in [0.1, 0.15) is 0 Å². The summed E-state index contributed by atoms with van der Waals surface area (Å²) in [4.78, 5) is 17.4. The van der Waals surface area contributed by atoms with Crippen molar-refractivity contribution in [1.82, 2.24) is 15.1 Å². The van der Waals surface area contributed by atoms with E-state index in [4.69, 9.17) is 4.74 Å². The van der Waals surface area contributed by atoms with Gasteiger partial charge < -0.3 is 15.0 Å². The van der Waals surface area contributed by atoms with Gasteiger partial charge in [-0.2, -0.15) is 0 Å². The molecule has 29 heavy (non-hydrogen) atoms. The van der Waals surface area contributed by atoms with Crippen LogP contribution in [0, 0.1) is 11.6 Å². The number of hydrogen-bond acceptors (Lipinski definition) is 4. The highest BCUT2D eigenvalue weighted by atomic mass is 19.2. The van der Waals surface area contributed by atoms with Crippen molar-refractivity contribution in [2.45, 2.75) is 57.7 Å². The Morgan fingerprint density at radius 3 is 2.41 bits per heavy atom. The molecule has 0 spiro atoms. The van der Waals surface area contributed by atoms with Crippen molar-refractivity contribution in [2.75, 3.05) is 39.4 Å². The van der Waals surface area contributed by atoms with Crippen molar-refractivity contribution in [1.29, 1.82) is 0 Å². The van der Waals surface area contributed by atoms with E-state index in [9.17, 15) is 13.6 Å². The third-order valence-electron chi connectivity index (χ3n) is 6.20. The summed E-state index contributed by atoms with van der Waals surface area (Å²) < 4.78 is 32.0. The second kappa shape index (κ2) is 10.5. The molecule has 0 bridgehead atoms. The zero-order chi connectivity index (χ0) is 20.8. The topological polar surface area (TPSA) is 44.8 Å². The van der Waals surface area contributed by atoms with Gasteiger partial charge in [-0.1, -0.05) is 0 Å². The SMILES string of the molecule is CC(C)N1CCC(N(CCNC(=O)c2ccc(F)c(F)c2)C2CCOCC2)CC1. The Balaban J connectivity index is 1.56. The van der Waals surface area contributed by atoms with Crippen molar-refractivity contribution < 1.29 is 18.3 Å². The maximum Gasteiger partial charge on any atom is 0.251 e. The lowest BCUT2D eigenvalue weighted by Crippen LogP contribution is -2.53. The number of halogens is 2. The molecular weight excluding hydrogens is 376 g/mol. The molecule has 0 atom stereocenters. The van der Waals surface area contributed by atoms with Gasteiger partial charge in [0.05, 0.1) is 0 Å². The summed E-state index contributed by atoms with van der Waals surface area (Å²) in [5.41, 5.74) is 0.145. The Morgan fingerprint density at radius 1 is 1.14 bits per heavy atom. The summed E-state index contributed by atoms with van der Waals surface area (Å²) in [5, 5.41) is 2.87. The van der Waals surface area contributed by atoms with Crippen LogP contribution >= 0.6 is 0 Å². The summed E-state index contributed by atoms with van der Waals surface area (Å²) in [5.74, 6) is -2.32. The lowest BCUT2D eigenvalue weighted by atomic mass is 9.97. The summed E-state index contributed by atoms with van der Waals surface area (Å²) in [6.45, 7) is 9.49. The number of piperidine rings is 1. The first kappa shape index (κ1) is 22.1. The van der Waals surface area contributed by atoms with E-state index in [0.29, 0.717) is 24.7 Å². The van der Waals surface area contributed by atoms with Gasteiger partial charge in [-0.3, -0.25) is 9.69 Å². The van der Waals surface area contributed by atoms with E-state index in [-0.39, 0.29) is 11.5 Å². The van der Waals surface area contributed by atoms with Gasteiger partial charge in [-0.05, 0) is 70.8 Å². The van der Waals surface area contributed by atoms with Crippen molar-refractivity contribution in [3.8, 4) is 0 Å². The average molecular weight is 410 g/mol. The highest BCUT2D eigenvalue weighted by Gasteiger charge is 2.31. The molecule has 2 saturated heterocycles. The highest BCUT2D eigenvalue weighted by Crippen LogP contribution is 2.24. The summed E-state index contributed by atoms with van der Waals surface area (Å²) >= 11 is 0. The van der Waals surface area contributed by atoms with Gasteiger partial charge in [-0.15, -0.1) is 0 Å². The molecule has 7 heteroatoms. The van der Waals surface area contributed by atoms with E-state index in [2.05, 4.69) is 29.0 Å². The Bertz CT molecular complexity index is 672. The van der Waals surface area contributed by atoms with E-state index in [1.165, 1.54) is 6.07 Å². The minimum atomic E-state index is -1.00. The van der Waals surface area contributed by atoms with Crippen LogP contribution in [0.25, 0.3) is 0 Å². The van der Waals surface area contributed by atoms with Crippen LogP contribution in [-0.4, -0.2) is 73.2 Å². The van der Waals surface area contributed by atoms with Crippen LogP contribution in [0.15, 0.2) is 18.2 Å². The molecule has 0 aromatic heterocycles. The van der Waals surface area contributed by atoms with E-state index < -0.39 is 11.6 Å². The van der Waals surface area contributed by atoms with Crippen LogP contribution in [0.5, 0.6) is 0 Å². The largest absolute Gasteiger partial charge is 0.381 e. The molecule has 0 aliphatic carbocycles. The molecule has 5 nitrogen and oxygen atoms in total. The quantitative estimate of drug-likeness (QED) is 0.752. The second-order valence-corrected chi connectivity index (χ2v) is 8.33. The molecule has 2 fully saturated rings. The minimum Gasteiger partial charge on any atom is -0.381 e. The van der Waals surface area contributed by atoms with Gasteiger partial charge in [0.25, 0.3) is 5.91 Å². The molecule has 0 unspecified atom stereocenters. The van der Waals surface area contributed by atoms with Crippen LogP contribution < -0.4 is 5.32 Å². The molecule has 1 amide bonds. The predicted octanol–water partition coefficient (Wildman–Crippen LogP) is 3.05. The molecule has 2 heterocycles. The molecule has 0 saturated carbocycles. The van der Waals surface area contributed by atoms with Crippen LogP contribution in [0.1, 0.15) is 49.9 Å². The number of likely N-dealkylation sites (tertiary alicyclic amines) is 1. The molecule has 1 N–H and O–H groups in total. The summed E-state index contributed by atoms with van der Waals surface area (Å²) in [6.07, 6.45) is 4.29. The number of hydrogen-bond donors (Lipinski definition) is 1. The van der Waals surface area contributed by atoms with Crippen LogP contribution in [0.2, 0.25) is 0 Å². The number of benzene rings is 1. The standard InChI is InChI=1S/C22H33F2N3O2/c1-16(2)26-10-5-18(6-11-26)27(19-7-13-29-14-8-19)12-9-25-22(28)17-3-4-20(23)21(24)15-17/h3-4,15-16,18-19H,5-14H2,1-2H3,(H,25,28). The summed E-state index contributed by atoms with van der Waals surface area (Å²) in [7, 11) is 0. The minimum absolute atomic E-state index is 0.145. The molecule has 3 rings (SSSR count). The number of amides is 1. The van der Waals surface area contributed by atoms with Crippen LogP contribution in [0.4, 0.5) is 8.78 Å². The zero-order valence-corrected chi connectivity index (χ0v) is 17.5. The molecule has 162 valence electrons. The Labute approximate surface area is 172 Å². The predicted molar refractivity (Wildman–Crippen MR) is 109 cm³/mol. The van der Waals surface area contributed by atoms with E-state index in [1.807, 2.05) is 0 Å². The zero-order valence-electron chi connectivity index (χ0n) is 17.5. The lowest BCUT2D eigenvalue weighted by Gasteiger charge is -2.44. The first-order valence-corrected chi connectivity index (χ1v) is 10.8. The molecule has 2 aliphatic rings. The fourth-order valence-electron chi connectivity index (χ4n) is 4.45. The number of carbonyl (C=O) groups excluding carboxylic acids is 1. The highest BCUT2D eigenvalue weighted by molar-refractivity contribution is 5.94. The molecule has 1 aromatic rings. The van der Waals surface area contributed by atoms with Crippen LogP contribution in [0.3, 0.4) is 0 Å².